The lowest BCUT2D eigenvalue weighted by molar-refractivity contribution is -0.526. The molecule has 0 saturated carbocycles. The van der Waals surface area contributed by atoms with Crippen molar-refractivity contribution in [2.75, 3.05) is 18.2 Å². The van der Waals surface area contributed by atoms with Gasteiger partial charge in [-0.3, -0.25) is 25.0 Å². The van der Waals surface area contributed by atoms with Crippen LogP contribution in [0.3, 0.4) is 0 Å². The van der Waals surface area contributed by atoms with Crippen LogP contribution in [0.4, 0.5) is 15.8 Å². The van der Waals surface area contributed by atoms with Gasteiger partial charge in [-0.1, -0.05) is 41.4 Å². The van der Waals surface area contributed by atoms with E-state index in [2.05, 4.69) is 15.4 Å². The third-order valence-corrected chi connectivity index (χ3v) is 7.91. The molecule has 3 aromatic carbocycles. The first-order valence-electron chi connectivity index (χ1n) is 12.0. The summed E-state index contributed by atoms with van der Waals surface area (Å²) < 4.78 is 20.1. The van der Waals surface area contributed by atoms with Gasteiger partial charge < -0.3 is 15.8 Å². The van der Waals surface area contributed by atoms with Crippen LogP contribution in [0.5, 0.6) is 0 Å². The highest BCUT2D eigenvalue weighted by Crippen LogP contribution is 2.54. The zero-order valence-electron chi connectivity index (χ0n) is 20.7. The first kappa shape index (κ1) is 27.5. The van der Waals surface area contributed by atoms with Gasteiger partial charge in [-0.25, -0.2) is 9.18 Å². The zero-order valence-corrected chi connectivity index (χ0v) is 22.3. The molecule has 2 heterocycles. The Balaban J connectivity index is 1.63. The number of Topliss-reactive ketones (excluding diaryl/α,β-unsaturated/α-hetero) is 1. The van der Waals surface area contributed by atoms with Gasteiger partial charge in [-0.2, -0.15) is 0 Å². The molecular formula is C27H21Cl2FN4O6. The van der Waals surface area contributed by atoms with Crippen molar-refractivity contribution in [3.8, 4) is 0 Å². The lowest BCUT2D eigenvalue weighted by atomic mass is 9.74. The normalized spacial score (nSPS) is 23.1. The fourth-order valence-electron chi connectivity index (χ4n) is 5.70. The number of amides is 1. The minimum Gasteiger partial charge on any atom is -0.465 e. The number of benzene rings is 3. The molecule has 0 unspecified atom stereocenters. The molecule has 3 aromatic rings. The van der Waals surface area contributed by atoms with Gasteiger partial charge >= 0.3 is 5.97 Å². The SMILES string of the molecule is COC(=O)c1ccc(C(=O)C[C@@H]2N[C@@]3(C(=O)Nc4cc(Cl)ccc43)[C@@H](c3cccc(Cl)c3F)[C@@H]2[N+](=O)[O-])c(N)c1. The number of rotatable bonds is 6. The maximum Gasteiger partial charge on any atom is 0.337 e. The van der Waals surface area contributed by atoms with Crippen molar-refractivity contribution in [3.63, 3.8) is 0 Å². The third kappa shape index (κ3) is 4.26. The molecule has 4 atom stereocenters. The second-order valence-electron chi connectivity index (χ2n) is 9.52. The van der Waals surface area contributed by atoms with Crippen LogP contribution in [-0.4, -0.2) is 41.8 Å². The van der Waals surface area contributed by atoms with Gasteiger partial charge in [-0.15, -0.1) is 0 Å². The highest BCUT2D eigenvalue weighted by atomic mass is 35.5. The Labute approximate surface area is 236 Å². The number of ketones is 1. The van der Waals surface area contributed by atoms with Crippen molar-refractivity contribution < 1.29 is 28.4 Å². The maximum absolute atomic E-state index is 15.5. The topological polar surface area (TPSA) is 154 Å². The van der Waals surface area contributed by atoms with Crippen molar-refractivity contribution in [2.24, 2.45) is 0 Å². The van der Waals surface area contributed by atoms with Gasteiger partial charge in [0.15, 0.2) is 5.78 Å². The summed E-state index contributed by atoms with van der Waals surface area (Å²) >= 11 is 12.2. The summed E-state index contributed by atoms with van der Waals surface area (Å²) in [5.41, 5.74) is 4.77. The molecular weight excluding hydrogens is 566 g/mol. The van der Waals surface area contributed by atoms with Gasteiger partial charge in [-0.05, 0) is 36.4 Å². The molecule has 1 fully saturated rings. The molecule has 10 nitrogen and oxygen atoms in total. The minimum atomic E-state index is -1.82. The predicted octanol–water partition coefficient (Wildman–Crippen LogP) is 4.32. The first-order chi connectivity index (χ1) is 19.0. The number of nitro groups is 1. The third-order valence-electron chi connectivity index (χ3n) is 7.38. The number of esters is 1. The van der Waals surface area contributed by atoms with Crippen LogP contribution in [0.15, 0.2) is 54.6 Å². The van der Waals surface area contributed by atoms with Gasteiger partial charge in [0.2, 0.25) is 11.9 Å². The van der Waals surface area contributed by atoms with Crippen LogP contribution in [0, 0.1) is 15.9 Å². The smallest absolute Gasteiger partial charge is 0.337 e. The Hall–Kier alpha value is -4.06. The fraction of sp³-hybridized carbons (Fsp3) is 0.222. The molecule has 0 radical (unpaired) electrons. The largest absolute Gasteiger partial charge is 0.465 e. The number of carbonyl (C=O) groups excluding carboxylic acids is 3. The number of nitrogens with zero attached hydrogens (tertiary/aromatic N) is 1. The molecule has 13 heteroatoms. The summed E-state index contributed by atoms with van der Waals surface area (Å²) in [6.07, 6.45) is -0.468. The van der Waals surface area contributed by atoms with Crippen LogP contribution in [-0.2, 0) is 15.1 Å². The van der Waals surface area contributed by atoms with Gasteiger partial charge in [0.1, 0.15) is 11.4 Å². The van der Waals surface area contributed by atoms with Gasteiger partial charge in [0, 0.05) is 44.4 Å². The molecule has 4 N–H and O–H groups in total. The Morgan fingerprint density at radius 3 is 2.60 bits per heavy atom. The van der Waals surface area contributed by atoms with Crippen LogP contribution >= 0.6 is 23.2 Å². The van der Waals surface area contributed by atoms with E-state index in [-0.39, 0.29) is 27.4 Å². The Bertz CT molecular complexity index is 1600. The maximum atomic E-state index is 15.5. The van der Waals surface area contributed by atoms with E-state index in [0.717, 1.165) is 0 Å². The van der Waals surface area contributed by atoms with Crippen LogP contribution in [0.2, 0.25) is 10.0 Å². The van der Waals surface area contributed by atoms with E-state index in [1.807, 2.05) is 0 Å². The van der Waals surface area contributed by atoms with E-state index in [9.17, 15) is 24.5 Å². The Kier molecular flexibility index (Phi) is 6.99. The molecule has 206 valence electrons. The molecule has 2 aliphatic heterocycles. The van der Waals surface area contributed by atoms with Crippen molar-refractivity contribution in [1.29, 1.82) is 0 Å². The van der Waals surface area contributed by atoms with Crippen molar-refractivity contribution in [3.05, 3.63) is 103 Å². The number of anilines is 2. The number of methoxy groups -OCH3 is 1. The lowest BCUT2D eigenvalue weighted by Crippen LogP contribution is -2.49. The summed E-state index contributed by atoms with van der Waals surface area (Å²) in [5.74, 6) is -4.23. The summed E-state index contributed by atoms with van der Waals surface area (Å²) in [5, 5.41) is 18.4. The molecule has 2 aliphatic rings. The van der Waals surface area contributed by atoms with E-state index in [0.29, 0.717) is 16.3 Å². The summed E-state index contributed by atoms with van der Waals surface area (Å²) in [4.78, 5) is 50.9. The van der Waals surface area contributed by atoms with Crippen molar-refractivity contribution in [2.45, 2.75) is 30.0 Å². The molecule has 1 amide bonds. The second-order valence-corrected chi connectivity index (χ2v) is 10.4. The van der Waals surface area contributed by atoms with E-state index >= 15 is 4.39 Å². The quantitative estimate of drug-likeness (QED) is 0.127. The molecule has 1 saturated heterocycles. The number of fused-ring (bicyclic) bond motifs is 2. The highest BCUT2D eigenvalue weighted by Gasteiger charge is 2.67. The average molecular weight is 587 g/mol. The van der Waals surface area contributed by atoms with E-state index in [1.165, 1.54) is 61.7 Å². The molecule has 5 rings (SSSR count). The molecule has 0 aliphatic carbocycles. The first-order valence-corrected chi connectivity index (χ1v) is 12.7. The lowest BCUT2D eigenvalue weighted by Gasteiger charge is -2.30. The monoisotopic (exact) mass is 586 g/mol. The highest BCUT2D eigenvalue weighted by molar-refractivity contribution is 6.31. The summed E-state index contributed by atoms with van der Waals surface area (Å²) in [6.45, 7) is 0. The van der Waals surface area contributed by atoms with Crippen LogP contribution < -0.4 is 16.4 Å². The number of halogens is 3. The molecule has 1 spiro atoms. The van der Waals surface area contributed by atoms with E-state index < -0.39 is 58.4 Å². The number of ether oxygens (including phenoxy) is 1. The number of carbonyl (C=O) groups is 3. The summed E-state index contributed by atoms with van der Waals surface area (Å²) in [6, 6.07) is 9.65. The number of nitrogens with two attached hydrogens (primary N) is 1. The Morgan fingerprint density at radius 1 is 1.18 bits per heavy atom. The molecule has 0 bridgehead atoms. The molecule has 0 aromatic heterocycles. The second kappa shape index (κ2) is 10.2. The average Bonchev–Trinajstić information content (AvgIpc) is 3.38. The summed E-state index contributed by atoms with van der Waals surface area (Å²) in [7, 11) is 1.20. The van der Waals surface area contributed by atoms with Crippen molar-refractivity contribution in [1.82, 2.24) is 5.32 Å². The minimum absolute atomic E-state index is 0.0195. The van der Waals surface area contributed by atoms with Crippen molar-refractivity contribution >= 4 is 52.2 Å². The molecule has 40 heavy (non-hydrogen) atoms. The van der Waals surface area contributed by atoms with Gasteiger partial charge in [0.25, 0.3) is 0 Å². The van der Waals surface area contributed by atoms with Gasteiger partial charge in [0.05, 0.1) is 29.7 Å². The predicted molar refractivity (Wildman–Crippen MR) is 145 cm³/mol. The number of hydrogen-bond acceptors (Lipinski definition) is 8. The van der Waals surface area contributed by atoms with Crippen LogP contribution in [0.25, 0.3) is 0 Å². The fourth-order valence-corrected chi connectivity index (χ4v) is 6.06. The Morgan fingerprint density at radius 2 is 1.93 bits per heavy atom. The van der Waals surface area contributed by atoms with E-state index in [1.54, 1.807) is 0 Å². The van der Waals surface area contributed by atoms with E-state index in [4.69, 9.17) is 28.9 Å². The number of nitrogens with one attached hydrogen (secondary N) is 2. The standard InChI is InChI=1S/C27H21Cl2FN4O6/c1-40-25(36)12-5-7-14(18(31)9-12)21(35)11-20-24(34(38)39)22(15-3-2-4-17(29)23(15)30)27(33-20)16-8-6-13(28)10-19(16)32-26(27)37/h2-10,20,22,24,33H,11,31H2,1H3,(H,32,37)/t20-,22-,24+,27+/m0/s1. The zero-order chi connectivity index (χ0) is 28.9. The number of nitrogen functional groups attached to an aromatic ring is 1. The van der Waals surface area contributed by atoms with Crippen LogP contribution in [0.1, 0.15) is 44.2 Å². The number of hydrogen-bond donors (Lipinski definition) is 3.